The van der Waals surface area contributed by atoms with Crippen LogP contribution in [0.15, 0.2) is 48.9 Å². The molecule has 1 amide bonds. The van der Waals surface area contributed by atoms with Crippen molar-refractivity contribution < 1.29 is 22.7 Å². The van der Waals surface area contributed by atoms with Gasteiger partial charge >= 0.3 is 6.18 Å². The van der Waals surface area contributed by atoms with E-state index in [1.54, 1.807) is 26.5 Å². The zero-order valence-corrected chi connectivity index (χ0v) is 19.7. The third-order valence-electron chi connectivity index (χ3n) is 6.02. The van der Waals surface area contributed by atoms with Crippen molar-refractivity contribution in [3.8, 4) is 23.1 Å². The minimum absolute atomic E-state index is 0.213. The van der Waals surface area contributed by atoms with Crippen LogP contribution in [0, 0.1) is 6.92 Å². The highest BCUT2D eigenvalue weighted by atomic mass is 19.4. The quantitative estimate of drug-likeness (QED) is 0.426. The molecule has 0 spiro atoms. The molecule has 0 unspecified atom stereocenters. The molecule has 0 aliphatic carbocycles. The Morgan fingerprint density at radius 3 is 2.44 bits per heavy atom. The summed E-state index contributed by atoms with van der Waals surface area (Å²) in [5.74, 6) is 0.901. The van der Waals surface area contributed by atoms with Gasteiger partial charge in [0, 0.05) is 19.7 Å². The predicted molar refractivity (Wildman–Crippen MR) is 122 cm³/mol. The lowest BCUT2D eigenvalue weighted by Crippen LogP contribution is -2.42. The van der Waals surface area contributed by atoms with Crippen LogP contribution in [-0.2, 0) is 17.5 Å². The van der Waals surface area contributed by atoms with Gasteiger partial charge in [0.25, 0.3) is 0 Å². The largest absolute Gasteiger partial charge is 0.479 e. The summed E-state index contributed by atoms with van der Waals surface area (Å²) in [5, 5.41) is 4.58. The van der Waals surface area contributed by atoms with Gasteiger partial charge in [-0.3, -0.25) is 4.79 Å². The maximum absolute atomic E-state index is 13.1. The zero-order chi connectivity index (χ0) is 25.6. The van der Waals surface area contributed by atoms with E-state index >= 15 is 0 Å². The molecule has 0 fully saturated rings. The smallest absolute Gasteiger partial charge is 0.416 e. The van der Waals surface area contributed by atoms with Crippen molar-refractivity contribution >= 4 is 5.91 Å². The summed E-state index contributed by atoms with van der Waals surface area (Å²) >= 11 is 0. The number of imidazole rings is 1. The molecule has 0 radical (unpaired) electrons. The molecule has 3 aromatic heterocycles. The Balaban J connectivity index is 1.55. The van der Waals surface area contributed by atoms with Crippen molar-refractivity contribution in [3.63, 3.8) is 0 Å². The highest BCUT2D eigenvalue weighted by Crippen LogP contribution is 2.35. The summed E-state index contributed by atoms with van der Waals surface area (Å²) in [6.07, 6.45) is -0.949. The fraction of sp³-hybridized carbons (Fsp3) is 0.292. The van der Waals surface area contributed by atoms with Crippen molar-refractivity contribution in [1.29, 1.82) is 0 Å². The average molecular weight is 497 g/mol. The molecule has 0 bridgehead atoms. The van der Waals surface area contributed by atoms with Crippen LogP contribution in [0.3, 0.4) is 0 Å². The van der Waals surface area contributed by atoms with Crippen LogP contribution in [0.4, 0.5) is 13.2 Å². The average Bonchev–Trinajstić information content (AvgIpc) is 3.48. The maximum Gasteiger partial charge on any atom is 0.416 e. The molecule has 186 valence electrons. The number of hydrogen-bond donors (Lipinski definition) is 0. The van der Waals surface area contributed by atoms with E-state index in [0.717, 1.165) is 17.8 Å². The van der Waals surface area contributed by atoms with Gasteiger partial charge in [-0.15, -0.1) is 5.10 Å². The van der Waals surface area contributed by atoms with Gasteiger partial charge < -0.3 is 14.2 Å². The van der Waals surface area contributed by atoms with Gasteiger partial charge in [-0.1, -0.05) is 12.1 Å². The van der Waals surface area contributed by atoms with Crippen LogP contribution in [0.25, 0.3) is 17.2 Å². The van der Waals surface area contributed by atoms with Crippen molar-refractivity contribution in [2.24, 2.45) is 0 Å². The first-order valence-electron chi connectivity index (χ1n) is 11.1. The summed E-state index contributed by atoms with van der Waals surface area (Å²) in [6.45, 7) is 4.03. The molecule has 5 rings (SSSR count). The predicted octanol–water partition coefficient (Wildman–Crippen LogP) is 3.81. The molecular weight excluding hydrogens is 475 g/mol. The van der Waals surface area contributed by atoms with Gasteiger partial charge in [-0.05, 0) is 36.8 Å². The van der Waals surface area contributed by atoms with Crippen molar-refractivity contribution in [2.45, 2.75) is 32.6 Å². The Hall–Kier alpha value is -4.22. The molecule has 1 aliphatic rings. The van der Waals surface area contributed by atoms with Crippen LogP contribution in [0.2, 0.25) is 0 Å². The molecule has 0 saturated heterocycles. The number of nitrogens with zero attached hydrogens (tertiary/aromatic N) is 7. The number of carbonyl (C=O) groups is 1. The summed E-state index contributed by atoms with van der Waals surface area (Å²) in [5.41, 5.74) is 1.73. The number of halogens is 3. The highest BCUT2D eigenvalue weighted by Gasteiger charge is 2.35. The topological polar surface area (TPSA) is 91.0 Å². The summed E-state index contributed by atoms with van der Waals surface area (Å²) in [6, 6.07) is 7.64. The number of fused-ring (bicyclic) bond motifs is 1. The molecule has 9 nitrogen and oxygen atoms in total. The number of hydrogen-bond acceptors (Lipinski definition) is 6. The number of carbonyl (C=O) groups excluding carboxylic acids is 1. The lowest BCUT2D eigenvalue weighted by Gasteiger charge is -2.34. The van der Waals surface area contributed by atoms with Gasteiger partial charge in [0.15, 0.2) is 11.6 Å². The highest BCUT2D eigenvalue weighted by molar-refractivity contribution is 5.74. The Labute approximate surface area is 204 Å². The molecule has 36 heavy (non-hydrogen) atoms. The molecule has 1 aromatic carbocycles. The molecule has 1 atom stereocenters. The van der Waals surface area contributed by atoms with Crippen LogP contribution >= 0.6 is 0 Å². The van der Waals surface area contributed by atoms with E-state index in [2.05, 4.69) is 20.1 Å². The molecule has 0 N–H and O–H groups in total. The number of rotatable bonds is 4. The van der Waals surface area contributed by atoms with Crippen molar-refractivity contribution in [1.82, 2.24) is 34.2 Å². The number of methoxy groups -OCH3 is 1. The number of benzene rings is 1. The van der Waals surface area contributed by atoms with E-state index in [9.17, 15) is 18.0 Å². The first kappa shape index (κ1) is 23.5. The van der Waals surface area contributed by atoms with Crippen LogP contribution in [-0.4, -0.2) is 53.8 Å². The van der Waals surface area contributed by atoms with E-state index in [4.69, 9.17) is 4.74 Å². The normalized spacial score (nSPS) is 15.6. The summed E-state index contributed by atoms with van der Waals surface area (Å²) < 4.78 is 48.2. The van der Waals surface area contributed by atoms with Gasteiger partial charge in [0.1, 0.15) is 17.4 Å². The standard InChI is InChI=1S/C24H22F3N7O2/c1-14-12-32(13-28-14)19-9-8-18(29-23(19)36-3)21-30-22-20(33(15(2)35)10-11-34(22)31-21)16-4-6-17(7-5-16)24(25,26)27/h4-9,12-13,20H,10-11H2,1-3H3/t20-/m1/s1. The van der Waals surface area contributed by atoms with E-state index in [-0.39, 0.29) is 5.91 Å². The lowest BCUT2D eigenvalue weighted by atomic mass is 10.0. The van der Waals surface area contributed by atoms with Gasteiger partial charge in [-0.2, -0.15) is 13.2 Å². The fourth-order valence-corrected chi connectivity index (χ4v) is 4.28. The first-order valence-corrected chi connectivity index (χ1v) is 11.1. The fourth-order valence-electron chi connectivity index (χ4n) is 4.28. The number of pyridine rings is 1. The van der Waals surface area contributed by atoms with E-state index in [0.29, 0.717) is 47.6 Å². The molecule has 4 aromatic rings. The van der Waals surface area contributed by atoms with E-state index in [1.165, 1.54) is 26.2 Å². The van der Waals surface area contributed by atoms with E-state index < -0.39 is 17.8 Å². The second-order valence-electron chi connectivity index (χ2n) is 8.40. The number of aryl methyl sites for hydroxylation is 1. The number of amides is 1. The van der Waals surface area contributed by atoms with Crippen LogP contribution in [0.5, 0.6) is 5.88 Å². The van der Waals surface area contributed by atoms with Crippen molar-refractivity contribution in [2.75, 3.05) is 13.7 Å². The Morgan fingerprint density at radius 1 is 1.08 bits per heavy atom. The Bertz CT molecular complexity index is 1430. The maximum atomic E-state index is 13.1. The molecule has 4 heterocycles. The zero-order valence-electron chi connectivity index (χ0n) is 19.7. The van der Waals surface area contributed by atoms with Gasteiger partial charge in [-0.25, -0.2) is 19.6 Å². The van der Waals surface area contributed by atoms with Crippen molar-refractivity contribution in [3.05, 3.63) is 71.6 Å². The number of alkyl halides is 3. The summed E-state index contributed by atoms with van der Waals surface area (Å²) in [7, 11) is 1.51. The molecule has 0 saturated carbocycles. The number of aromatic nitrogens is 6. The minimum atomic E-state index is -4.45. The first-order chi connectivity index (χ1) is 17.2. The third-order valence-corrected chi connectivity index (χ3v) is 6.02. The van der Waals surface area contributed by atoms with Gasteiger partial charge in [0.05, 0.1) is 31.2 Å². The Morgan fingerprint density at radius 2 is 1.83 bits per heavy atom. The third kappa shape index (κ3) is 4.18. The SMILES string of the molecule is COc1nc(-c2nc3n(n2)CCN(C(C)=O)[C@@H]3c2ccc(C(F)(F)F)cc2)ccc1-n1cnc(C)c1. The van der Waals surface area contributed by atoms with Gasteiger partial charge in [0.2, 0.25) is 11.8 Å². The monoisotopic (exact) mass is 497 g/mol. The van der Waals surface area contributed by atoms with Crippen LogP contribution in [0.1, 0.15) is 35.6 Å². The molecular formula is C24H22F3N7O2. The number of ether oxygens (including phenoxy) is 1. The molecule has 1 aliphatic heterocycles. The second kappa shape index (κ2) is 8.77. The van der Waals surface area contributed by atoms with Crippen LogP contribution < -0.4 is 4.74 Å². The molecule has 12 heteroatoms. The van der Waals surface area contributed by atoms with E-state index in [1.807, 2.05) is 19.2 Å². The lowest BCUT2D eigenvalue weighted by molar-refractivity contribution is -0.137. The Kier molecular flexibility index (Phi) is 5.73. The summed E-state index contributed by atoms with van der Waals surface area (Å²) in [4.78, 5) is 27.4. The minimum Gasteiger partial charge on any atom is -0.479 e. The second-order valence-corrected chi connectivity index (χ2v) is 8.40.